The van der Waals surface area contributed by atoms with E-state index < -0.39 is 19.9 Å². The minimum Gasteiger partial charge on any atom is -0.384 e. The van der Waals surface area contributed by atoms with E-state index in [9.17, 15) is 16.8 Å². The molecule has 0 unspecified atom stereocenters. The predicted molar refractivity (Wildman–Crippen MR) is 63.5 cm³/mol. The SMILES string of the molecule is CS(=O)(=O)CCNS(=O)(=O)c1ccnc(N)c1. The third kappa shape index (κ3) is 4.67. The van der Waals surface area contributed by atoms with Crippen LogP contribution in [0.2, 0.25) is 0 Å². The summed E-state index contributed by atoms with van der Waals surface area (Å²) < 4.78 is 47.2. The van der Waals surface area contributed by atoms with Crippen LogP contribution in [-0.2, 0) is 19.9 Å². The van der Waals surface area contributed by atoms with Crippen molar-refractivity contribution in [3.63, 3.8) is 0 Å². The molecule has 0 radical (unpaired) electrons. The Morgan fingerprint density at radius 3 is 2.53 bits per heavy atom. The summed E-state index contributed by atoms with van der Waals surface area (Å²) in [4.78, 5) is 3.62. The maximum atomic E-state index is 11.7. The number of aromatic nitrogens is 1. The molecule has 0 saturated heterocycles. The van der Waals surface area contributed by atoms with E-state index in [1.54, 1.807) is 0 Å². The lowest BCUT2D eigenvalue weighted by molar-refractivity contribution is 0.582. The highest BCUT2D eigenvalue weighted by molar-refractivity contribution is 7.91. The molecular weight excluding hydrogens is 266 g/mol. The first-order chi connectivity index (χ1) is 7.71. The van der Waals surface area contributed by atoms with Crippen LogP contribution >= 0.6 is 0 Å². The molecule has 96 valence electrons. The van der Waals surface area contributed by atoms with Crippen molar-refractivity contribution in [1.82, 2.24) is 9.71 Å². The number of nitrogens with one attached hydrogen (secondary N) is 1. The van der Waals surface area contributed by atoms with Crippen LogP contribution in [0.4, 0.5) is 5.82 Å². The van der Waals surface area contributed by atoms with E-state index in [1.807, 2.05) is 0 Å². The fourth-order valence-electron chi connectivity index (χ4n) is 1.04. The summed E-state index contributed by atoms with van der Waals surface area (Å²) >= 11 is 0. The number of hydrogen-bond donors (Lipinski definition) is 2. The molecule has 7 nitrogen and oxygen atoms in total. The van der Waals surface area contributed by atoms with Gasteiger partial charge in [0, 0.05) is 25.1 Å². The molecular formula is C8H13N3O4S2. The van der Waals surface area contributed by atoms with E-state index in [4.69, 9.17) is 5.73 Å². The molecule has 1 heterocycles. The number of anilines is 1. The van der Waals surface area contributed by atoms with E-state index >= 15 is 0 Å². The van der Waals surface area contributed by atoms with E-state index in [1.165, 1.54) is 18.3 Å². The number of pyridine rings is 1. The van der Waals surface area contributed by atoms with Crippen molar-refractivity contribution in [3.8, 4) is 0 Å². The van der Waals surface area contributed by atoms with Crippen LogP contribution in [-0.4, -0.2) is 40.4 Å². The summed E-state index contributed by atoms with van der Waals surface area (Å²) in [7, 11) is -6.94. The molecule has 0 bridgehead atoms. The van der Waals surface area contributed by atoms with Gasteiger partial charge in [-0.25, -0.2) is 26.5 Å². The van der Waals surface area contributed by atoms with Crippen molar-refractivity contribution < 1.29 is 16.8 Å². The molecule has 0 aliphatic heterocycles. The first-order valence-corrected chi connectivity index (χ1v) is 8.14. The summed E-state index contributed by atoms with van der Waals surface area (Å²) in [6.07, 6.45) is 2.30. The van der Waals surface area contributed by atoms with Gasteiger partial charge in [-0.15, -0.1) is 0 Å². The Hall–Kier alpha value is -1.19. The van der Waals surface area contributed by atoms with Crippen LogP contribution in [0.3, 0.4) is 0 Å². The lowest BCUT2D eigenvalue weighted by atomic mass is 10.5. The Kier molecular flexibility index (Phi) is 4.07. The highest BCUT2D eigenvalue weighted by Crippen LogP contribution is 2.09. The quantitative estimate of drug-likeness (QED) is 0.712. The van der Waals surface area contributed by atoms with Crippen molar-refractivity contribution in [2.45, 2.75) is 4.90 Å². The molecule has 0 spiro atoms. The number of nitrogen functional groups attached to an aromatic ring is 1. The van der Waals surface area contributed by atoms with E-state index in [2.05, 4.69) is 9.71 Å². The van der Waals surface area contributed by atoms with Gasteiger partial charge in [-0.05, 0) is 6.07 Å². The standard InChI is InChI=1S/C8H13N3O4S2/c1-16(12,13)5-4-11-17(14,15)7-2-3-10-8(9)6-7/h2-3,6,11H,4-5H2,1H3,(H2,9,10). The molecule has 1 rings (SSSR count). The molecule has 3 N–H and O–H groups in total. The number of hydrogen-bond acceptors (Lipinski definition) is 6. The molecule has 17 heavy (non-hydrogen) atoms. The van der Waals surface area contributed by atoms with Crippen molar-refractivity contribution in [1.29, 1.82) is 0 Å². The van der Waals surface area contributed by atoms with Gasteiger partial charge in [0.05, 0.1) is 10.6 Å². The second-order valence-corrected chi connectivity index (χ2v) is 7.47. The third-order valence-electron chi connectivity index (χ3n) is 1.83. The predicted octanol–water partition coefficient (Wildman–Crippen LogP) is -1.01. The highest BCUT2D eigenvalue weighted by Gasteiger charge is 2.14. The Morgan fingerprint density at radius 1 is 1.35 bits per heavy atom. The second kappa shape index (κ2) is 4.98. The van der Waals surface area contributed by atoms with E-state index in [-0.39, 0.29) is 23.0 Å². The van der Waals surface area contributed by atoms with Crippen LogP contribution in [0.15, 0.2) is 23.2 Å². The maximum Gasteiger partial charge on any atom is 0.240 e. The van der Waals surface area contributed by atoms with Crippen molar-refractivity contribution >= 4 is 25.7 Å². The Morgan fingerprint density at radius 2 is 2.00 bits per heavy atom. The third-order valence-corrected chi connectivity index (χ3v) is 4.23. The highest BCUT2D eigenvalue weighted by atomic mass is 32.2. The van der Waals surface area contributed by atoms with Crippen molar-refractivity contribution in [3.05, 3.63) is 18.3 Å². The number of nitrogens with zero attached hydrogens (tertiary/aromatic N) is 1. The summed E-state index contributed by atoms with van der Waals surface area (Å²) in [6, 6.07) is 2.47. The lowest BCUT2D eigenvalue weighted by Crippen LogP contribution is -2.29. The number of nitrogens with two attached hydrogens (primary N) is 1. The van der Waals surface area contributed by atoms with Crippen LogP contribution < -0.4 is 10.5 Å². The van der Waals surface area contributed by atoms with Crippen LogP contribution in [0.1, 0.15) is 0 Å². The molecule has 9 heteroatoms. The zero-order valence-corrected chi connectivity index (χ0v) is 10.8. The normalized spacial score (nSPS) is 12.5. The maximum absolute atomic E-state index is 11.7. The van der Waals surface area contributed by atoms with E-state index in [0.717, 1.165) is 6.26 Å². The van der Waals surface area contributed by atoms with Gasteiger partial charge in [-0.3, -0.25) is 0 Å². The van der Waals surface area contributed by atoms with Crippen LogP contribution in [0, 0.1) is 0 Å². The largest absolute Gasteiger partial charge is 0.384 e. The molecule has 1 aromatic heterocycles. The number of rotatable bonds is 5. The molecule has 0 saturated carbocycles. The van der Waals surface area contributed by atoms with Gasteiger partial charge in [0.25, 0.3) is 0 Å². The Balaban J connectivity index is 2.77. The van der Waals surface area contributed by atoms with Crippen LogP contribution in [0.25, 0.3) is 0 Å². The zero-order valence-electron chi connectivity index (χ0n) is 9.12. The molecule has 0 aliphatic rings. The molecule has 0 aliphatic carbocycles. The van der Waals surface area contributed by atoms with Crippen molar-refractivity contribution in [2.24, 2.45) is 0 Å². The number of sulfonamides is 1. The van der Waals surface area contributed by atoms with Gasteiger partial charge in [0.1, 0.15) is 15.7 Å². The average molecular weight is 279 g/mol. The van der Waals surface area contributed by atoms with Crippen molar-refractivity contribution in [2.75, 3.05) is 24.3 Å². The fraction of sp³-hybridized carbons (Fsp3) is 0.375. The van der Waals surface area contributed by atoms with Gasteiger partial charge in [0.15, 0.2) is 0 Å². The smallest absolute Gasteiger partial charge is 0.240 e. The summed E-state index contributed by atoms with van der Waals surface area (Å²) in [5.74, 6) is -0.178. The second-order valence-electron chi connectivity index (χ2n) is 3.44. The molecule has 0 fully saturated rings. The van der Waals surface area contributed by atoms with Crippen LogP contribution in [0.5, 0.6) is 0 Å². The number of sulfone groups is 1. The molecule has 1 aromatic rings. The zero-order chi connectivity index (χ0) is 13.1. The van der Waals surface area contributed by atoms with Gasteiger partial charge in [0.2, 0.25) is 10.0 Å². The lowest BCUT2D eigenvalue weighted by Gasteiger charge is -2.06. The Labute approximate surface area is 100 Å². The Bertz CT molecular complexity index is 595. The summed E-state index contributed by atoms with van der Waals surface area (Å²) in [6.45, 7) is -0.177. The van der Waals surface area contributed by atoms with Gasteiger partial charge in [-0.1, -0.05) is 0 Å². The average Bonchev–Trinajstić information content (AvgIpc) is 2.15. The minimum atomic E-state index is -3.74. The monoisotopic (exact) mass is 279 g/mol. The van der Waals surface area contributed by atoms with Gasteiger partial charge >= 0.3 is 0 Å². The first-order valence-electron chi connectivity index (χ1n) is 4.60. The minimum absolute atomic E-state index is 0.0431. The van der Waals surface area contributed by atoms with E-state index in [0.29, 0.717) is 0 Å². The summed E-state index contributed by atoms with van der Waals surface area (Å²) in [5.41, 5.74) is 5.35. The first kappa shape index (κ1) is 13.9. The van der Waals surface area contributed by atoms with Gasteiger partial charge in [-0.2, -0.15) is 0 Å². The molecule has 0 atom stereocenters. The molecule has 0 amide bonds. The molecule has 0 aromatic carbocycles. The van der Waals surface area contributed by atoms with Gasteiger partial charge < -0.3 is 5.73 Å². The topological polar surface area (TPSA) is 119 Å². The summed E-state index contributed by atoms with van der Waals surface area (Å²) in [5, 5.41) is 0. The fourth-order valence-corrected chi connectivity index (χ4v) is 2.70.